The van der Waals surface area contributed by atoms with Crippen LogP contribution in [-0.2, 0) is 9.53 Å². The van der Waals surface area contributed by atoms with Gasteiger partial charge in [-0.2, -0.15) is 0 Å². The van der Waals surface area contributed by atoms with Crippen LogP contribution in [0.1, 0.15) is 42.1 Å². The van der Waals surface area contributed by atoms with E-state index in [-0.39, 0.29) is 17.0 Å². The Morgan fingerprint density at radius 1 is 0.972 bits per heavy atom. The molecule has 2 unspecified atom stereocenters. The van der Waals surface area contributed by atoms with Crippen LogP contribution in [0.4, 0.5) is 4.79 Å². The fourth-order valence-corrected chi connectivity index (χ4v) is 4.75. The second-order valence-corrected chi connectivity index (χ2v) is 9.29. The SMILES string of the molecule is CC(C)Oc1ccc(C(=O)N2CCC(c3ccc(-c4ccccc4)cc3)C2C(=O)OC(N)=O)cc1Cl. The van der Waals surface area contributed by atoms with Crippen LogP contribution in [0.5, 0.6) is 5.75 Å². The first-order valence-electron chi connectivity index (χ1n) is 11.7. The van der Waals surface area contributed by atoms with Crippen LogP contribution < -0.4 is 10.5 Å². The molecule has 1 aliphatic heterocycles. The number of nitrogens with two attached hydrogens (primary N) is 1. The number of carbonyl (C=O) groups is 3. The van der Waals surface area contributed by atoms with Gasteiger partial charge in [-0.1, -0.05) is 66.2 Å². The van der Waals surface area contributed by atoms with Crippen molar-refractivity contribution in [1.82, 2.24) is 4.90 Å². The number of halogens is 1. The summed E-state index contributed by atoms with van der Waals surface area (Å²) in [6, 6.07) is 21.4. The van der Waals surface area contributed by atoms with Crippen LogP contribution in [0.2, 0.25) is 5.02 Å². The predicted molar refractivity (Wildman–Crippen MR) is 137 cm³/mol. The molecule has 0 aliphatic carbocycles. The molecule has 186 valence electrons. The van der Waals surface area contributed by atoms with Crippen molar-refractivity contribution >= 4 is 29.6 Å². The highest BCUT2D eigenvalue weighted by Gasteiger charge is 2.44. The Balaban J connectivity index is 1.62. The average Bonchev–Trinajstić information content (AvgIpc) is 3.30. The van der Waals surface area contributed by atoms with Crippen LogP contribution in [-0.4, -0.2) is 41.6 Å². The van der Waals surface area contributed by atoms with Crippen LogP contribution in [0.15, 0.2) is 72.8 Å². The Morgan fingerprint density at radius 2 is 1.64 bits per heavy atom. The van der Waals surface area contributed by atoms with E-state index < -0.39 is 24.0 Å². The number of carbonyl (C=O) groups excluding carboxylic acids is 3. The van der Waals surface area contributed by atoms with Crippen molar-refractivity contribution in [3.05, 3.63) is 88.9 Å². The summed E-state index contributed by atoms with van der Waals surface area (Å²) < 4.78 is 10.4. The Kier molecular flexibility index (Phi) is 7.60. The fourth-order valence-electron chi connectivity index (χ4n) is 4.52. The van der Waals surface area contributed by atoms with Gasteiger partial charge in [0.1, 0.15) is 11.8 Å². The molecule has 2 atom stereocenters. The number of hydrogen-bond acceptors (Lipinski definition) is 5. The second kappa shape index (κ2) is 10.8. The molecule has 8 heteroatoms. The lowest BCUT2D eigenvalue weighted by Gasteiger charge is -2.26. The fraction of sp³-hybridized carbons (Fsp3) is 0.250. The number of amides is 2. The summed E-state index contributed by atoms with van der Waals surface area (Å²) in [5.41, 5.74) is 8.37. The van der Waals surface area contributed by atoms with Gasteiger partial charge in [-0.05, 0) is 55.2 Å². The molecule has 0 aromatic heterocycles. The molecule has 1 heterocycles. The summed E-state index contributed by atoms with van der Waals surface area (Å²) in [7, 11) is 0. The van der Waals surface area contributed by atoms with E-state index in [0.29, 0.717) is 24.3 Å². The maximum Gasteiger partial charge on any atom is 0.412 e. The Hall–Kier alpha value is -3.84. The summed E-state index contributed by atoms with van der Waals surface area (Å²) in [5, 5.41) is 0.290. The minimum Gasteiger partial charge on any atom is -0.489 e. The van der Waals surface area contributed by atoms with E-state index in [1.165, 1.54) is 11.0 Å². The summed E-state index contributed by atoms with van der Waals surface area (Å²) in [4.78, 5) is 39.2. The number of rotatable bonds is 6. The quantitative estimate of drug-likeness (QED) is 0.356. The normalized spacial score (nSPS) is 17.2. The Labute approximate surface area is 214 Å². The summed E-state index contributed by atoms with van der Waals surface area (Å²) in [6.45, 7) is 4.05. The van der Waals surface area contributed by atoms with Gasteiger partial charge >= 0.3 is 12.1 Å². The number of ether oxygens (including phenoxy) is 2. The molecule has 3 aromatic rings. The van der Waals surface area contributed by atoms with Gasteiger partial charge in [0.05, 0.1) is 11.1 Å². The van der Waals surface area contributed by atoms with Crippen molar-refractivity contribution in [2.45, 2.75) is 38.3 Å². The average molecular weight is 507 g/mol. The maximum atomic E-state index is 13.5. The summed E-state index contributed by atoms with van der Waals surface area (Å²) in [5.74, 6) is -1.17. The van der Waals surface area contributed by atoms with Crippen LogP contribution >= 0.6 is 11.6 Å². The lowest BCUT2D eigenvalue weighted by atomic mass is 9.90. The minimum absolute atomic E-state index is 0.0791. The molecule has 2 N–H and O–H groups in total. The molecule has 4 rings (SSSR count). The molecule has 7 nitrogen and oxygen atoms in total. The van der Waals surface area contributed by atoms with Gasteiger partial charge in [0.25, 0.3) is 5.91 Å². The molecule has 0 spiro atoms. The molecule has 2 amide bonds. The van der Waals surface area contributed by atoms with Gasteiger partial charge in [0.2, 0.25) is 0 Å². The first kappa shape index (κ1) is 25.3. The van der Waals surface area contributed by atoms with Crippen LogP contribution in [0, 0.1) is 0 Å². The third-order valence-corrected chi connectivity index (χ3v) is 6.38. The molecule has 3 aromatic carbocycles. The zero-order chi connectivity index (χ0) is 25.8. The van der Waals surface area contributed by atoms with Gasteiger partial charge in [-0.15, -0.1) is 0 Å². The highest BCUT2D eigenvalue weighted by molar-refractivity contribution is 6.32. The molecular formula is C28H27ClN2O5. The van der Waals surface area contributed by atoms with Crippen LogP contribution in [0.3, 0.4) is 0 Å². The lowest BCUT2D eigenvalue weighted by Crippen LogP contribution is -2.44. The second-order valence-electron chi connectivity index (χ2n) is 8.88. The van der Waals surface area contributed by atoms with Gasteiger partial charge in [0.15, 0.2) is 0 Å². The van der Waals surface area contributed by atoms with E-state index >= 15 is 0 Å². The van der Waals surface area contributed by atoms with E-state index in [9.17, 15) is 14.4 Å². The van der Waals surface area contributed by atoms with Crippen molar-refractivity contribution < 1.29 is 23.9 Å². The number of primary amides is 1. The van der Waals surface area contributed by atoms with Crippen molar-refractivity contribution in [3.8, 4) is 16.9 Å². The van der Waals surface area contributed by atoms with Crippen molar-refractivity contribution in [2.75, 3.05) is 6.54 Å². The third-order valence-electron chi connectivity index (χ3n) is 6.09. The molecular weight excluding hydrogens is 480 g/mol. The smallest absolute Gasteiger partial charge is 0.412 e. The molecule has 0 saturated carbocycles. The van der Waals surface area contributed by atoms with Gasteiger partial charge < -0.3 is 20.1 Å². The highest BCUT2D eigenvalue weighted by atomic mass is 35.5. The van der Waals surface area contributed by atoms with Crippen molar-refractivity contribution in [1.29, 1.82) is 0 Å². The van der Waals surface area contributed by atoms with Crippen molar-refractivity contribution in [2.24, 2.45) is 5.73 Å². The molecule has 36 heavy (non-hydrogen) atoms. The molecule has 1 saturated heterocycles. The van der Waals surface area contributed by atoms with Crippen molar-refractivity contribution in [3.63, 3.8) is 0 Å². The zero-order valence-corrected chi connectivity index (χ0v) is 20.8. The number of likely N-dealkylation sites (tertiary alicyclic amines) is 1. The number of hydrogen-bond donors (Lipinski definition) is 1. The Bertz CT molecular complexity index is 1260. The predicted octanol–water partition coefficient (Wildman–Crippen LogP) is 5.41. The topological polar surface area (TPSA) is 98.9 Å². The monoisotopic (exact) mass is 506 g/mol. The van der Waals surface area contributed by atoms with Gasteiger partial charge in [-0.3, -0.25) is 4.79 Å². The standard InChI is InChI=1S/C28H27ClN2O5/c1-17(2)35-24-13-12-21(16-23(24)29)26(32)31-15-14-22(25(31)27(33)36-28(30)34)20-10-8-19(9-11-20)18-6-4-3-5-7-18/h3-13,16-17,22,25H,14-15H2,1-2H3,(H2,30,34). The lowest BCUT2D eigenvalue weighted by molar-refractivity contribution is -0.141. The number of benzene rings is 3. The molecule has 0 bridgehead atoms. The highest BCUT2D eigenvalue weighted by Crippen LogP contribution is 2.37. The molecule has 1 fully saturated rings. The van der Waals surface area contributed by atoms with E-state index in [1.54, 1.807) is 12.1 Å². The van der Waals surface area contributed by atoms with Gasteiger partial charge in [0, 0.05) is 18.0 Å². The van der Waals surface area contributed by atoms with E-state index in [1.807, 2.05) is 68.4 Å². The van der Waals surface area contributed by atoms with E-state index in [0.717, 1.165) is 16.7 Å². The largest absolute Gasteiger partial charge is 0.489 e. The maximum absolute atomic E-state index is 13.5. The first-order chi connectivity index (χ1) is 17.2. The van der Waals surface area contributed by atoms with Crippen LogP contribution in [0.25, 0.3) is 11.1 Å². The summed E-state index contributed by atoms with van der Waals surface area (Å²) in [6.07, 6.45) is -0.780. The first-order valence-corrected chi connectivity index (χ1v) is 12.1. The zero-order valence-electron chi connectivity index (χ0n) is 20.0. The molecule has 0 radical (unpaired) electrons. The third kappa shape index (κ3) is 5.52. The van der Waals surface area contributed by atoms with Gasteiger partial charge in [-0.25, -0.2) is 9.59 Å². The van der Waals surface area contributed by atoms with E-state index in [4.69, 9.17) is 26.8 Å². The Morgan fingerprint density at radius 3 is 2.25 bits per heavy atom. The van der Waals surface area contributed by atoms with E-state index in [2.05, 4.69) is 0 Å². The molecule has 1 aliphatic rings. The summed E-state index contributed by atoms with van der Waals surface area (Å²) >= 11 is 6.33. The number of esters is 1. The minimum atomic E-state index is -1.21. The number of nitrogens with zero attached hydrogens (tertiary/aromatic N) is 1.